The third kappa shape index (κ3) is 3.87. The van der Waals surface area contributed by atoms with Crippen molar-refractivity contribution in [3.8, 4) is 6.07 Å². The molecule has 25 heavy (non-hydrogen) atoms. The SMILES string of the molecule is CN(C)CCC[C@@]1(c2ccc(F)cc2)OCc2cc(C#N)ccc21.S. The fourth-order valence-electron chi connectivity index (χ4n) is 3.41. The van der Waals surface area contributed by atoms with E-state index in [1.165, 1.54) is 12.1 Å². The van der Waals surface area contributed by atoms with Crippen LogP contribution < -0.4 is 0 Å². The molecule has 5 heteroatoms. The van der Waals surface area contributed by atoms with Gasteiger partial charge in [0.1, 0.15) is 11.4 Å². The lowest BCUT2D eigenvalue weighted by molar-refractivity contribution is -0.0140. The summed E-state index contributed by atoms with van der Waals surface area (Å²) in [6.45, 7) is 1.43. The van der Waals surface area contributed by atoms with Gasteiger partial charge in [0, 0.05) is 0 Å². The topological polar surface area (TPSA) is 36.3 Å². The van der Waals surface area contributed by atoms with Gasteiger partial charge >= 0.3 is 0 Å². The average Bonchev–Trinajstić information content (AvgIpc) is 2.94. The Balaban J connectivity index is 0.00000225. The van der Waals surface area contributed by atoms with Crippen molar-refractivity contribution in [2.75, 3.05) is 20.6 Å². The van der Waals surface area contributed by atoms with Crippen LogP contribution in [0.2, 0.25) is 0 Å². The molecule has 1 aliphatic rings. The first-order chi connectivity index (χ1) is 11.5. The number of nitrogens with zero attached hydrogens (tertiary/aromatic N) is 2. The normalized spacial score (nSPS) is 18.5. The van der Waals surface area contributed by atoms with Crippen LogP contribution in [0.5, 0.6) is 0 Å². The zero-order valence-corrected chi connectivity index (χ0v) is 15.6. The molecule has 3 rings (SSSR count). The molecule has 1 heterocycles. The van der Waals surface area contributed by atoms with Gasteiger partial charge in [0.05, 0.1) is 18.2 Å². The van der Waals surface area contributed by atoms with Crippen LogP contribution in [0.15, 0.2) is 42.5 Å². The van der Waals surface area contributed by atoms with E-state index in [0.717, 1.165) is 36.1 Å². The molecule has 1 aliphatic heterocycles. The molecule has 1 atom stereocenters. The highest BCUT2D eigenvalue weighted by atomic mass is 32.1. The van der Waals surface area contributed by atoms with E-state index < -0.39 is 5.60 Å². The van der Waals surface area contributed by atoms with Gasteiger partial charge in [-0.05, 0) is 74.4 Å². The highest BCUT2D eigenvalue weighted by Crippen LogP contribution is 2.45. The second-order valence-electron chi connectivity index (χ2n) is 6.51. The number of rotatable bonds is 5. The highest BCUT2D eigenvalue weighted by molar-refractivity contribution is 7.59. The lowest BCUT2D eigenvalue weighted by Gasteiger charge is -2.31. The van der Waals surface area contributed by atoms with Crippen LogP contribution in [-0.4, -0.2) is 25.5 Å². The summed E-state index contributed by atoms with van der Waals surface area (Å²) in [6.07, 6.45) is 1.78. The number of hydrogen-bond acceptors (Lipinski definition) is 3. The predicted molar refractivity (Wildman–Crippen MR) is 101 cm³/mol. The number of nitriles is 1. The Kier molecular flexibility index (Phi) is 6.23. The molecular formula is C20H23FN2OS. The second-order valence-corrected chi connectivity index (χ2v) is 6.51. The van der Waals surface area contributed by atoms with Crippen molar-refractivity contribution in [2.45, 2.75) is 25.0 Å². The molecule has 0 unspecified atom stereocenters. The molecule has 3 nitrogen and oxygen atoms in total. The third-order valence-corrected chi connectivity index (χ3v) is 4.59. The first-order valence-corrected chi connectivity index (χ1v) is 8.13. The number of ether oxygens (including phenoxy) is 1. The van der Waals surface area contributed by atoms with E-state index >= 15 is 0 Å². The molecule has 0 bridgehead atoms. The Morgan fingerprint density at radius 1 is 1.20 bits per heavy atom. The summed E-state index contributed by atoms with van der Waals surface area (Å²) in [7, 11) is 4.10. The van der Waals surface area contributed by atoms with Crippen LogP contribution in [0.4, 0.5) is 4.39 Å². The van der Waals surface area contributed by atoms with Crippen molar-refractivity contribution >= 4 is 13.5 Å². The van der Waals surface area contributed by atoms with Crippen LogP contribution >= 0.6 is 13.5 Å². The van der Waals surface area contributed by atoms with Crippen LogP contribution in [0.25, 0.3) is 0 Å². The van der Waals surface area contributed by atoms with Gasteiger partial charge in [-0.1, -0.05) is 18.2 Å². The maximum Gasteiger partial charge on any atom is 0.123 e. The summed E-state index contributed by atoms with van der Waals surface area (Å²) in [5.74, 6) is -0.250. The summed E-state index contributed by atoms with van der Waals surface area (Å²) in [5, 5.41) is 9.11. The first kappa shape index (κ1) is 19.5. The minimum absolute atomic E-state index is 0. The Bertz CT molecular complexity index is 770. The van der Waals surface area contributed by atoms with E-state index in [-0.39, 0.29) is 19.3 Å². The van der Waals surface area contributed by atoms with Crippen molar-refractivity contribution in [3.63, 3.8) is 0 Å². The molecule has 0 aliphatic carbocycles. The summed E-state index contributed by atoms with van der Waals surface area (Å²) < 4.78 is 19.6. The largest absolute Gasteiger partial charge is 0.361 e. The number of hydrogen-bond donors (Lipinski definition) is 0. The maximum atomic E-state index is 13.4. The molecular weight excluding hydrogens is 335 g/mol. The van der Waals surface area contributed by atoms with Crippen molar-refractivity contribution < 1.29 is 9.13 Å². The predicted octanol–water partition coefficient (Wildman–Crippen LogP) is 3.93. The molecule has 0 spiro atoms. The van der Waals surface area contributed by atoms with Gasteiger partial charge < -0.3 is 9.64 Å². The van der Waals surface area contributed by atoms with Crippen LogP contribution in [0.1, 0.15) is 35.1 Å². The standard InChI is InChI=1S/C20H21FN2O.H2S/c1-23(2)11-3-10-20(17-5-7-18(21)8-6-17)19-9-4-15(13-22)12-16(19)14-24-20;/h4-9,12H,3,10-11,14H2,1-2H3;1H2/t20-;/m0./s1. The lowest BCUT2D eigenvalue weighted by atomic mass is 9.81. The zero-order valence-electron chi connectivity index (χ0n) is 14.6. The molecule has 0 amide bonds. The van der Waals surface area contributed by atoms with E-state index in [2.05, 4.69) is 11.0 Å². The van der Waals surface area contributed by atoms with Crippen LogP contribution in [0.3, 0.4) is 0 Å². The molecule has 0 fully saturated rings. The molecule has 0 saturated carbocycles. The maximum absolute atomic E-state index is 13.4. The summed E-state index contributed by atoms with van der Waals surface area (Å²) in [4.78, 5) is 2.15. The third-order valence-electron chi connectivity index (χ3n) is 4.59. The molecule has 2 aromatic carbocycles. The van der Waals surface area contributed by atoms with Crippen molar-refractivity contribution in [1.29, 1.82) is 5.26 Å². The second kappa shape index (κ2) is 8.01. The number of fused-ring (bicyclic) bond motifs is 1. The summed E-state index contributed by atoms with van der Waals surface area (Å²) in [5.41, 5.74) is 3.18. The van der Waals surface area contributed by atoms with E-state index in [0.29, 0.717) is 12.2 Å². The minimum atomic E-state index is -0.562. The number of halogens is 1. The summed E-state index contributed by atoms with van der Waals surface area (Å²) in [6, 6.07) is 14.5. The minimum Gasteiger partial charge on any atom is -0.361 e. The fourth-order valence-corrected chi connectivity index (χ4v) is 3.41. The van der Waals surface area contributed by atoms with Gasteiger partial charge in [-0.25, -0.2) is 4.39 Å². The molecule has 0 N–H and O–H groups in total. The number of benzene rings is 2. The van der Waals surface area contributed by atoms with E-state index in [9.17, 15) is 4.39 Å². The Morgan fingerprint density at radius 2 is 1.92 bits per heavy atom. The van der Waals surface area contributed by atoms with Gasteiger partial charge in [0.25, 0.3) is 0 Å². The lowest BCUT2D eigenvalue weighted by Crippen LogP contribution is -2.28. The molecule has 0 aromatic heterocycles. The highest BCUT2D eigenvalue weighted by Gasteiger charge is 2.41. The van der Waals surface area contributed by atoms with E-state index in [4.69, 9.17) is 10.00 Å². The first-order valence-electron chi connectivity index (χ1n) is 8.13. The molecule has 132 valence electrons. The van der Waals surface area contributed by atoms with E-state index in [1.54, 1.807) is 12.1 Å². The average molecular weight is 358 g/mol. The summed E-state index contributed by atoms with van der Waals surface area (Å²) >= 11 is 0. The Morgan fingerprint density at radius 3 is 2.56 bits per heavy atom. The van der Waals surface area contributed by atoms with Gasteiger partial charge in [-0.2, -0.15) is 18.8 Å². The van der Waals surface area contributed by atoms with E-state index in [1.807, 2.05) is 32.3 Å². The van der Waals surface area contributed by atoms with Gasteiger partial charge in [0.2, 0.25) is 0 Å². The smallest absolute Gasteiger partial charge is 0.123 e. The Hall–Kier alpha value is -1.87. The molecule has 0 saturated heterocycles. The van der Waals surface area contributed by atoms with Crippen LogP contribution in [0, 0.1) is 17.1 Å². The van der Waals surface area contributed by atoms with Crippen molar-refractivity contribution in [1.82, 2.24) is 4.90 Å². The molecule has 2 aromatic rings. The van der Waals surface area contributed by atoms with Crippen molar-refractivity contribution in [2.24, 2.45) is 0 Å². The van der Waals surface area contributed by atoms with Gasteiger partial charge in [-0.3, -0.25) is 0 Å². The molecule has 0 radical (unpaired) electrons. The monoisotopic (exact) mass is 358 g/mol. The quantitative estimate of drug-likeness (QED) is 0.813. The van der Waals surface area contributed by atoms with Crippen LogP contribution in [-0.2, 0) is 16.9 Å². The Labute approximate surface area is 155 Å². The zero-order chi connectivity index (χ0) is 17.2. The van der Waals surface area contributed by atoms with Gasteiger partial charge in [0.15, 0.2) is 0 Å². The van der Waals surface area contributed by atoms with Crippen molar-refractivity contribution in [3.05, 3.63) is 70.5 Å². The fraction of sp³-hybridized carbons (Fsp3) is 0.350. The van der Waals surface area contributed by atoms with Gasteiger partial charge in [-0.15, -0.1) is 0 Å².